The van der Waals surface area contributed by atoms with Crippen LogP contribution in [0.2, 0.25) is 0 Å². The van der Waals surface area contributed by atoms with Crippen molar-refractivity contribution in [1.29, 1.82) is 0 Å². The van der Waals surface area contributed by atoms with Gasteiger partial charge in [-0.05, 0) is 31.0 Å². The summed E-state index contributed by atoms with van der Waals surface area (Å²) in [6.45, 7) is 3.76. The lowest BCUT2D eigenvalue weighted by Crippen LogP contribution is -2.38. The Morgan fingerprint density at radius 3 is 2.46 bits per heavy atom. The van der Waals surface area contributed by atoms with Gasteiger partial charge in [0.25, 0.3) is 0 Å². The number of halogens is 1. The molecule has 128 valence electrons. The summed E-state index contributed by atoms with van der Waals surface area (Å²) in [5.74, 6) is 1.33. The fourth-order valence-electron chi connectivity index (χ4n) is 2.36. The normalized spacial score (nSPS) is 11.2. The minimum atomic E-state index is -0.230. The first-order valence-corrected chi connectivity index (χ1v) is 8.12. The van der Waals surface area contributed by atoms with Gasteiger partial charge in [0.15, 0.2) is 5.96 Å². The van der Waals surface area contributed by atoms with Gasteiger partial charge in [-0.25, -0.2) is 9.38 Å². The molecule has 0 aliphatic carbocycles. The van der Waals surface area contributed by atoms with Gasteiger partial charge in [0.1, 0.15) is 11.6 Å². The molecule has 0 amide bonds. The van der Waals surface area contributed by atoms with E-state index in [4.69, 9.17) is 4.74 Å². The summed E-state index contributed by atoms with van der Waals surface area (Å²) >= 11 is 0. The van der Waals surface area contributed by atoms with Gasteiger partial charge in [-0.1, -0.05) is 36.4 Å². The van der Waals surface area contributed by atoms with Crippen LogP contribution >= 0.6 is 0 Å². The quantitative estimate of drug-likeness (QED) is 0.606. The van der Waals surface area contributed by atoms with Crippen LogP contribution in [0.1, 0.15) is 18.1 Å². The van der Waals surface area contributed by atoms with E-state index in [1.807, 2.05) is 37.3 Å². The van der Waals surface area contributed by atoms with Gasteiger partial charge in [-0.15, -0.1) is 0 Å². The van der Waals surface area contributed by atoms with E-state index < -0.39 is 0 Å². The van der Waals surface area contributed by atoms with E-state index in [-0.39, 0.29) is 5.82 Å². The topological polar surface area (TPSA) is 45.7 Å². The molecule has 4 nitrogen and oxygen atoms in total. The van der Waals surface area contributed by atoms with Gasteiger partial charge >= 0.3 is 0 Å². The van der Waals surface area contributed by atoms with Crippen LogP contribution in [-0.4, -0.2) is 26.2 Å². The molecule has 0 bridgehead atoms. The van der Waals surface area contributed by atoms with Crippen LogP contribution in [0.5, 0.6) is 5.75 Å². The lowest BCUT2D eigenvalue weighted by molar-refractivity contribution is 0.409. The summed E-state index contributed by atoms with van der Waals surface area (Å²) in [6.07, 6.45) is 0.814. The van der Waals surface area contributed by atoms with Crippen LogP contribution in [-0.2, 0) is 13.0 Å². The number of guanidine groups is 1. The second-order valence-electron chi connectivity index (χ2n) is 5.28. The molecule has 2 N–H and O–H groups in total. The van der Waals surface area contributed by atoms with Crippen molar-refractivity contribution in [3.05, 3.63) is 65.5 Å². The average molecular weight is 329 g/mol. The van der Waals surface area contributed by atoms with E-state index in [0.29, 0.717) is 24.6 Å². The summed E-state index contributed by atoms with van der Waals surface area (Å²) in [5, 5.41) is 6.44. The van der Waals surface area contributed by atoms with E-state index in [0.717, 1.165) is 24.3 Å². The van der Waals surface area contributed by atoms with Crippen molar-refractivity contribution in [3.63, 3.8) is 0 Å². The standard InChI is InChI=1S/C19H24FN3O/c1-3-21-19(23-14-16-9-4-6-10-17(16)20)22-13-12-15-8-5-7-11-18(15)24-2/h4-11H,3,12-14H2,1-2H3,(H2,21,22,23). The minimum absolute atomic E-state index is 0.230. The Balaban J connectivity index is 1.93. The number of methoxy groups -OCH3 is 1. The molecule has 0 spiro atoms. The Labute approximate surface area is 142 Å². The number of aliphatic imine (C=N–C) groups is 1. The minimum Gasteiger partial charge on any atom is -0.496 e. The molecule has 0 radical (unpaired) electrons. The van der Waals surface area contributed by atoms with Crippen LogP contribution in [0.25, 0.3) is 0 Å². The van der Waals surface area contributed by atoms with Gasteiger partial charge in [-0.2, -0.15) is 0 Å². The van der Waals surface area contributed by atoms with Crippen LogP contribution in [0, 0.1) is 5.82 Å². The molecule has 2 aromatic carbocycles. The Bertz CT molecular complexity index is 673. The molecule has 24 heavy (non-hydrogen) atoms. The van der Waals surface area contributed by atoms with E-state index in [1.165, 1.54) is 6.07 Å². The summed E-state index contributed by atoms with van der Waals surface area (Å²) < 4.78 is 19.0. The highest BCUT2D eigenvalue weighted by Gasteiger charge is 2.04. The first-order valence-electron chi connectivity index (χ1n) is 8.12. The molecule has 5 heteroatoms. The second-order valence-corrected chi connectivity index (χ2v) is 5.28. The average Bonchev–Trinajstić information content (AvgIpc) is 2.61. The number of rotatable bonds is 7. The summed E-state index contributed by atoms with van der Waals surface area (Å²) in [7, 11) is 1.67. The molecule has 0 saturated heterocycles. The highest BCUT2D eigenvalue weighted by molar-refractivity contribution is 5.79. The zero-order chi connectivity index (χ0) is 17.2. The number of hydrogen-bond donors (Lipinski definition) is 2. The predicted octanol–water partition coefficient (Wildman–Crippen LogP) is 3.13. The molecule has 0 atom stereocenters. The van der Waals surface area contributed by atoms with E-state index in [1.54, 1.807) is 19.2 Å². The third kappa shape index (κ3) is 5.26. The molecular weight excluding hydrogens is 305 g/mol. The molecule has 0 fully saturated rings. The Morgan fingerprint density at radius 1 is 1.04 bits per heavy atom. The fraction of sp³-hybridized carbons (Fsp3) is 0.316. The maximum Gasteiger partial charge on any atom is 0.191 e. The molecule has 0 aliphatic rings. The number of nitrogens with zero attached hydrogens (tertiary/aromatic N) is 1. The SMILES string of the molecule is CCNC(=NCc1ccccc1F)NCCc1ccccc1OC. The number of nitrogens with one attached hydrogen (secondary N) is 2. The molecule has 0 aliphatic heterocycles. The first kappa shape index (κ1) is 17.8. The van der Waals surface area contributed by atoms with Crippen molar-refractivity contribution < 1.29 is 9.13 Å². The Hall–Kier alpha value is -2.56. The lowest BCUT2D eigenvalue weighted by Gasteiger charge is -2.13. The molecule has 0 saturated carbocycles. The first-order chi connectivity index (χ1) is 11.7. The zero-order valence-corrected chi connectivity index (χ0v) is 14.2. The number of hydrogen-bond acceptors (Lipinski definition) is 2. The smallest absolute Gasteiger partial charge is 0.191 e. The summed E-state index contributed by atoms with van der Waals surface area (Å²) in [5.41, 5.74) is 1.72. The molecule has 2 aromatic rings. The molecule has 0 unspecified atom stereocenters. The molecule has 0 aromatic heterocycles. The highest BCUT2D eigenvalue weighted by Crippen LogP contribution is 2.17. The molecular formula is C19H24FN3O. The van der Waals surface area contributed by atoms with Crippen molar-refractivity contribution in [1.82, 2.24) is 10.6 Å². The molecule has 2 rings (SSSR count). The summed E-state index contributed by atoms with van der Waals surface area (Å²) in [6, 6.07) is 14.6. The number of benzene rings is 2. The van der Waals surface area contributed by atoms with E-state index in [9.17, 15) is 4.39 Å². The lowest BCUT2D eigenvalue weighted by atomic mass is 10.1. The fourth-order valence-corrected chi connectivity index (χ4v) is 2.36. The van der Waals surface area contributed by atoms with Crippen LogP contribution in [0.15, 0.2) is 53.5 Å². The van der Waals surface area contributed by atoms with Crippen LogP contribution in [0.4, 0.5) is 4.39 Å². The Morgan fingerprint density at radius 2 is 1.75 bits per heavy atom. The van der Waals surface area contributed by atoms with Gasteiger partial charge in [0.05, 0.1) is 13.7 Å². The predicted molar refractivity (Wildman–Crippen MR) is 95.9 cm³/mol. The van der Waals surface area contributed by atoms with Gasteiger partial charge in [0.2, 0.25) is 0 Å². The summed E-state index contributed by atoms with van der Waals surface area (Å²) in [4.78, 5) is 4.44. The highest BCUT2D eigenvalue weighted by atomic mass is 19.1. The zero-order valence-electron chi connectivity index (χ0n) is 14.2. The van der Waals surface area contributed by atoms with Gasteiger partial charge in [-0.3, -0.25) is 0 Å². The third-order valence-corrected chi connectivity index (χ3v) is 3.59. The van der Waals surface area contributed by atoms with Gasteiger partial charge in [0, 0.05) is 18.7 Å². The van der Waals surface area contributed by atoms with Crippen molar-refractivity contribution in [2.45, 2.75) is 19.9 Å². The van der Waals surface area contributed by atoms with Crippen molar-refractivity contribution in [2.75, 3.05) is 20.2 Å². The number of ether oxygens (including phenoxy) is 1. The number of para-hydroxylation sites is 1. The maximum atomic E-state index is 13.7. The maximum absolute atomic E-state index is 13.7. The van der Waals surface area contributed by atoms with Crippen molar-refractivity contribution in [2.24, 2.45) is 4.99 Å². The molecule has 0 heterocycles. The van der Waals surface area contributed by atoms with Crippen molar-refractivity contribution >= 4 is 5.96 Å². The van der Waals surface area contributed by atoms with E-state index in [2.05, 4.69) is 15.6 Å². The van der Waals surface area contributed by atoms with Crippen molar-refractivity contribution in [3.8, 4) is 5.75 Å². The van der Waals surface area contributed by atoms with Gasteiger partial charge < -0.3 is 15.4 Å². The Kier molecular flexibility index (Phi) is 7.08. The largest absolute Gasteiger partial charge is 0.496 e. The van der Waals surface area contributed by atoms with Crippen LogP contribution < -0.4 is 15.4 Å². The van der Waals surface area contributed by atoms with E-state index >= 15 is 0 Å². The second kappa shape index (κ2) is 9.55. The van der Waals surface area contributed by atoms with Crippen LogP contribution in [0.3, 0.4) is 0 Å². The third-order valence-electron chi connectivity index (χ3n) is 3.59. The monoisotopic (exact) mass is 329 g/mol.